The zero-order valence-electron chi connectivity index (χ0n) is 79.2. The molecule has 139 heavy (non-hydrogen) atoms. The maximum absolute atomic E-state index is 5.03. The van der Waals surface area contributed by atoms with Gasteiger partial charge in [-0.1, -0.05) is 392 Å². The molecule has 0 N–H and O–H groups in total. The van der Waals surface area contributed by atoms with Crippen LogP contribution in [-0.4, -0.2) is 74.8 Å². The summed E-state index contributed by atoms with van der Waals surface area (Å²) < 4.78 is 2.38. The fourth-order valence-corrected chi connectivity index (χ4v) is 33.9. The second-order valence-electron chi connectivity index (χ2n) is 36.2. The molecule has 0 atom stereocenters. The van der Waals surface area contributed by atoms with Crippen LogP contribution >= 0.6 is 0 Å². The Bertz CT molecular complexity index is 7230. The second-order valence-corrected chi connectivity index (χ2v) is 57.5. The summed E-state index contributed by atoms with van der Waals surface area (Å²) in [6.07, 6.45) is 11.6. The number of hydrogen-bond donors (Lipinski definition) is 0. The number of fused-ring (bicyclic) bond motifs is 9. The van der Waals surface area contributed by atoms with Crippen LogP contribution in [0.5, 0.6) is 0 Å². The van der Waals surface area contributed by atoms with Crippen LogP contribution in [0.1, 0.15) is 6.92 Å². The van der Waals surface area contributed by atoms with E-state index in [-0.39, 0.29) is 60.3 Å². The first kappa shape index (κ1) is 100. The number of aryl methyl sites for hydroxylation is 1. The predicted octanol–water partition coefficient (Wildman–Crippen LogP) is 22.0. The number of aromatic nitrogens is 7. The largest absolute Gasteiger partial charge is 0.359 e. The minimum atomic E-state index is -2.52. The molecule has 689 valence electrons. The molecule has 7 aromatic heterocycles. The van der Waals surface area contributed by atoms with Crippen molar-refractivity contribution in [3.05, 3.63) is 498 Å². The standard InChI is InChI=1S/C37H30NSi2.C27H25N2Si.C27H26NSi2.3C11H8N.3Ir/c1-39(2,29-14-6-3-7-15-29)32-23-25-35(38-27-32)28-22-24-34-33-20-12-13-21-36(33)40(37(34)26-28,30-16-8-4-9-17-30)31-18-10-5-11-19-31;1-4-29-26-13-9-8-12-23(26)24-16-14-20(18-27(24)29)25-17-15-22(19-28-25)30(2,3)21-10-6-5-7-11-21;1-29(2,21-10-6-5-7-11-21)22-15-17-25(28-19-22)20-14-16-24-23-12-8-9-13-26(23)30(3,4)27(24)18-20;3*1-2-6-10(7-3-1)11-8-4-5-9-12-11;;;/h3-21,23-27H,1-2H3;5-13,15-19H,4H2,1-3H3;5-13,15-19H,1-4H3;3*1-6,8-9H;;;/q6*-1;;;. The minimum Gasteiger partial charge on any atom is -0.359 e. The molecular weight excluding hydrogens is 2300 g/mol. The number of nitrogens with zero attached hydrogens (tertiary/aromatic N) is 7. The van der Waals surface area contributed by atoms with Gasteiger partial charge in [-0.2, -0.15) is 0 Å². The molecule has 0 unspecified atom stereocenters. The fraction of sp³-hybridized carbons (Fsp3) is 0.0806. The predicted molar refractivity (Wildman–Crippen MR) is 584 cm³/mol. The van der Waals surface area contributed by atoms with Crippen LogP contribution in [0.15, 0.2) is 462 Å². The summed E-state index contributed by atoms with van der Waals surface area (Å²) in [7, 11) is -9.47. The van der Waals surface area contributed by atoms with E-state index < -0.39 is 40.4 Å². The van der Waals surface area contributed by atoms with Crippen molar-refractivity contribution in [1.82, 2.24) is 34.5 Å². The first-order valence-electron chi connectivity index (χ1n) is 46.6. The Labute approximate surface area is 865 Å². The molecule has 0 fully saturated rings. The van der Waals surface area contributed by atoms with Crippen molar-refractivity contribution in [2.45, 2.75) is 65.8 Å². The van der Waals surface area contributed by atoms with Crippen molar-refractivity contribution in [2.75, 3.05) is 0 Å². The molecule has 0 spiro atoms. The zero-order valence-corrected chi connectivity index (χ0v) is 91.4. The summed E-state index contributed by atoms with van der Waals surface area (Å²) in [6, 6.07) is 169. The number of rotatable bonds is 15. The molecule has 3 radical (unpaired) electrons. The molecule has 23 rings (SSSR count). The van der Waals surface area contributed by atoms with Gasteiger partial charge in [-0.25, -0.2) is 0 Å². The van der Waals surface area contributed by atoms with Gasteiger partial charge in [0.05, 0.1) is 8.07 Å². The summed E-state index contributed by atoms with van der Waals surface area (Å²) in [5, 5.41) is 19.6. The van der Waals surface area contributed by atoms with E-state index in [1.165, 1.54) is 106 Å². The van der Waals surface area contributed by atoms with Crippen LogP contribution in [0.2, 0.25) is 52.4 Å². The van der Waals surface area contributed by atoms with Gasteiger partial charge in [-0.15, -0.1) is 189 Å². The summed E-state index contributed by atoms with van der Waals surface area (Å²) in [6.45, 7) is 22.4. The summed E-state index contributed by atoms with van der Waals surface area (Å²) in [5.41, 5.74) is 20.1. The summed E-state index contributed by atoms with van der Waals surface area (Å²) >= 11 is 0. The topological polar surface area (TPSA) is 82.3 Å². The molecular formula is C124H105Ir3N7Si5-6. The molecule has 21 aromatic rings. The van der Waals surface area contributed by atoms with Crippen molar-refractivity contribution in [3.8, 4) is 89.8 Å². The third kappa shape index (κ3) is 21.7. The molecule has 2 aliphatic rings. The number of benzene rings is 14. The number of pyridine rings is 6. The van der Waals surface area contributed by atoms with Crippen molar-refractivity contribution < 1.29 is 60.3 Å². The van der Waals surface area contributed by atoms with Crippen LogP contribution in [-0.2, 0) is 66.9 Å². The van der Waals surface area contributed by atoms with Crippen molar-refractivity contribution in [1.29, 1.82) is 0 Å². The van der Waals surface area contributed by atoms with Gasteiger partial charge in [0.25, 0.3) is 0 Å². The summed E-state index contributed by atoms with van der Waals surface area (Å²) in [5.74, 6) is 0. The van der Waals surface area contributed by atoms with Crippen LogP contribution in [0, 0.1) is 36.4 Å². The molecule has 9 heterocycles. The molecule has 14 aromatic carbocycles. The normalized spacial score (nSPS) is 12.0. The van der Waals surface area contributed by atoms with Gasteiger partial charge in [-0.3, -0.25) is 0 Å². The van der Waals surface area contributed by atoms with E-state index >= 15 is 0 Å². The van der Waals surface area contributed by atoms with Gasteiger partial charge in [0, 0.05) is 110 Å². The first-order valence-corrected chi connectivity index (χ1v) is 60.6. The Morgan fingerprint density at radius 1 is 0.252 bits per heavy atom. The summed E-state index contributed by atoms with van der Waals surface area (Å²) in [4.78, 5) is 27.4. The maximum atomic E-state index is 5.03. The quantitative estimate of drug-likeness (QED) is 0.0751. The molecule has 0 amide bonds. The molecule has 0 bridgehead atoms. The smallest absolute Gasteiger partial charge is 0.161 e. The Morgan fingerprint density at radius 3 is 0.964 bits per heavy atom. The molecule has 0 saturated heterocycles. The van der Waals surface area contributed by atoms with Crippen LogP contribution in [0.3, 0.4) is 0 Å². The third-order valence-corrected chi connectivity index (χ3v) is 45.6. The van der Waals surface area contributed by atoms with Crippen molar-refractivity contribution in [2.24, 2.45) is 0 Å². The van der Waals surface area contributed by atoms with E-state index in [1.807, 2.05) is 127 Å². The van der Waals surface area contributed by atoms with Gasteiger partial charge in [-0.05, 0) is 107 Å². The Balaban J connectivity index is 0.000000133. The van der Waals surface area contributed by atoms with E-state index in [0.717, 1.165) is 74.1 Å². The zero-order chi connectivity index (χ0) is 93.5. The molecule has 7 nitrogen and oxygen atoms in total. The van der Waals surface area contributed by atoms with E-state index in [1.54, 1.807) is 18.6 Å². The van der Waals surface area contributed by atoms with Gasteiger partial charge >= 0.3 is 0 Å². The van der Waals surface area contributed by atoms with E-state index in [0.29, 0.717) is 0 Å². The molecule has 15 heteroatoms. The average Bonchev–Trinajstić information content (AvgIpc) is 1.54. The van der Waals surface area contributed by atoms with Crippen LogP contribution in [0.25, 0.3) is 112 Å². The fourth-order valence-electron chi connectivity index (χ4n) is 18.8. The molecule has 0 saturated carbocycles. The third-order valence-electron chi connectivity index (χ3n) is 26.6. The van der Waals surface area contributed by atoms with Crippen molar-refractivity contribution >= 4 is 124 Å². The SMILES string of the molecule is CCn1c2ccccc2c2c[c-]c(-c3ccc([Si](C)(C)c4ccccc4)cn3)cc21.C[Si](C)(c1ccccc1)c1ccc(-c2[c-]cc3c(c2)[Si](C)(C)c2ccccc2-3)nc1.C[Si](C)(c1ccccc1)c1ccc(-c2[c-]cc3c(c2)[Si](c2ccccc2)(c2ccccc2)c2ccccc2-3)nc1.[Ir].[Ir].[Ir].[c-]1ccccc1-c1ccccn1.[c-]1ccccc1-c1ccccn1.[c-]1ccccc1-c1ccccn1. The number of para-hydroxylation sites is 1. The maximum Gasteiger partial charge on any atom is 0.161 e. The van der Waals surface area contributed by atoms with E-state index in [4.69, 9.17) is 15.0 Å². The first-order chi connectivity index (χ1) is 66.5. The van der Waals surface area contributed by atoms with Crippen LogP contribution < -0.4 is 62.2 Å². The Hall–Kier alpha value is -13.2. The van der Waals surface area contributed by atoms with Gasteiger partial charge in [0.2, 0.25) is 0 Å². The molecule has 2 aliphatic heterocycles. The van der Waals surface area contributed by atoms with Gasteiger partial charge in [0.1, 0.15) is 24.2 Å². The van der Waals surface area contributed by atoms with Crippen molar-refractivity contribution in [3.63, 3.8) is 0 Å². The van der Waals surface area contributed by atoms with Gasteiger partial charge < -0.3 is 34.5 Å². The average molecular weight is 2410 g/mol. The Kier molecular flexibility index (Phi) is 32.9. The minimum absolute atomic E-state index is 0. The van der Waals surface area contributed by atoms with Crippen LogP contribution in [0.4, 0.5) is 0 Å². The van der Waals surface area contributed by atoms with E-state index in [2.05, 4.69) is 431 Å². The van der Waals surface area contributed by atoms with E-state index in [9.17, 15) is 0 Å². The number of hydrogen-bond acceptors (Lipinski definition) is 6. The molecule has 0 aliphatic carbocycles. The monoisotopic (exact) mass is 2410 g/mol. The van der Waals surface area contributed by atoms with Gasteiger partial charge in [0.15, 0.2) is 8.07 Å². The second kappa shape index (κ2) is 45.6. The Morgan fingerprint density at radius 2 is 0.583 bits per heavy atom.